The number of carboxylic acids is 2. The number of hydrogen-bond donors (Lipinski definition) is 2. The van der Waals surface area contributed by atoms with Crippen molar-refractivity contribution in [2.75, 3.05) is 19.8 Å². The van der Waals surface area contributed by atoms with Gasteiger partial charge in [-0.25, -0.2) is 9.78 Å². The zero-order valence-corrected chi connectivity index (χ0v) is 26.7. The second-order valence-electron chi connectivity index (χ2n) is 13.5. The summed E-state index contributed by atoms with van der Waals surface area (Å²) in [7, 11) is 0. The first kappa shape index (κ1) is 36.9. The molecule has 0 aromatic carbocycles. The molecule has 0 bridgehead atoms. The van der Waals surface area contributed by atoms with Crippen molar-refractivity contribution in [1.82, 2.24) is 0 Å². The Kier molecular flexibility index (Phi) is 14.1. The second kappa shape index (κ2) is 18.0. The van der Waals surface area contributed by atoms with E-state index in [0.29, 0.717) is 38.9 Å². The fraction of sp³-hybridized carbons (Fsp3) is 0.903. The van der Waals surface area contributed by atoms with Gasteiger partial charge >= 0.3 is 17.9 Å². The third-order valence-corrected chi connectivity index (χ3v) is 10.3. The van der Waals surface area contributed by atoms with Gasteiger partial charge < -0.3 is 24.4 Å². The van der Waals surface area contributed by atoms with Crippen molar-refractivity contribution in [3.63, 3.8) is 0 Å². The van der Waals surface area contributed by atoms with Gasteiger partial charge in [-0.05, 0) is 70.6 Å². The molecule has 0 amide bonds. The van der Waals surface area contributed by atoms with E-state index < -0.39 is 58.6 Å². The van der Waals surface area contributed by atoms with Gasteiger partial charge in [-0.15, -0.1) is 0 Å². The zero-order chi connectivity index (χ0) is 33.9. The Morgan fingerprint density at radius 2 is 1.11 bits per heavy atom. The van der Waals surface area contributed by atoms with Crippen LogP contribution in [0.2, 0.25) is 0 Å². The lowest BCUT2D eigenvalue weighted by atomic mass is 9.77. The van der Waals surface area contributed by atoms with E-state index in [9.17, 15) is 44.8 Å². The largest absolute Gasteiger partial charge is 0.481 e. The van der Waals surface area contributed by atoms with E-state index in [-0.39, 0.29) is 74.5 Å². The molecule has 4 rings (SSSR count). The summed E-state index contributed by atoms with van der Waals surface area (Å²) in [6.07, 6.45) is 6.79. The average Bonchev–Trinajstić information content (AvgIpc) is 3.05. The number of nitrogens with zero attached hydrogens (tertiary/aromatic N) is 2. The minimum absolute atomic E-state index is 0.0184. The lowest BCUT2D eigenvalue weighted by Crippen LogP contribution is -2.42. The average molecular weight is 673 g/mol. The van der Waals surface area contributed by atoms with Crippen LogP contribution in [0.1, 0.15) is 96.3 Å². The monoisotopic (exact) mass is 672 g/mol. The first-order valence-corrected chi connectivity index (χ1v) is 17.0. The lowest BCUT2D eigenvalue weighted by molar-refractivity contribution is -0.529. The third-order valence-electron chi connectivity index (χ3n) is 10.3. The van der Waals surface area contributed by atoms with Gasteiger partial charge in [0.2, 0.25) is 12.1 Å². The van der Waals surface area contributed by atoms with Gasteiger partial charge in [-0.2, -0.15) is 0 Å². The number of carbonyl (C=O) groups is 3. The molecule has 4 aliphatic carbocycles. The van der Waals surface area contributed by atoms with Crippen molar-refractivity contribution in [3.8, 4) is 0 Å². The molecule has 16 nitrogen and oxygen atoms in total. The normalized spacial score (nSPS) is 34.6. The Morgan fingerprint density at radius 1 is 0.617 bits per heavy atom. The van der Waals surface area contributed by atoms with Gasteiger partial charge in [0.05, 0.1) is 42.7 Å². The van der Waals surface area contributed by atoms with E-state index in [1.165, 1.54) is 0 Å². The molecule has 6 atom stereocenters. The van der Waals surface area contributed by atoms with Crippen LogP contribution in [0.25, 0.3) is 0 Å². The van der Waals surface area contributed by atoms with Crippen molar-refractivity contribution in [2.45, 2.75) is 133 Å². The highest BCUT2D eigenvalue weighted by Gasteiger charge is 2.45. The van der Waals surface area contributed by atoms with Crippen LogP contribution < -0.4 is 0 Å². The SMILES string of the molecule is O=C(O)C1CCC([N+](=O)[O-])CC1COOC1CCC(OCCCOC2CCC(OC(=O)C3CC([N+](=O)[O-])CCC3C(=O)O)CC2)CC1. The number of rotatable bonds is 16. The molecule has 0 aliphatic heterocycles. The molecule has 4 saturated carbocycles. The van der Waals surface area contributed by atoms with Gasteiger partial charge in [0.1, 0.15) is 6.10 Å². The van der Waals surface area contributed by atoms with Gasteiger partial charge in [-0.3, -0.25) is 34.6 Å². The molecular weight excluding hydrogens is 624 g/mol. The van der Waals surface area contributed by atoms with Crippen molar-refractivity contribution in [3.05, 3.63) is 20.2 Å². The smallest absolute Gasteiger partial charge is 0.310 e. The third kappa shape index (κ3) is 11.0. The Balaban J connectivity index is 1.03. The summed E-state index contributed by atoms with van der Waals surface area (Å²) in [5.41, 5.74) is 0. The summed E-state index contributed by atoms with van der Waals surface area (Å²) in [6, 6.07) is -1.68. The maximum Gasteiger partial charge on any atom is 0.310 e. The molecule has 4 aliphatic rings. The summed E-state index contributed by atoms with van der Waals surface area (Å²) >= 11 is 0. The molecular formula is C31H48N2O14. The Hall–Kier alpha value is -2.95. The quantitative estimate of drug-likeness (QED) is 0.0782. The molecule has 0 saturated heterocycles. The summed E-state index contributed by atoms with van der Waals surface area (Å²) in [4.78, 5) is 68.5. The predicted octanol–water partition coefficient (Wildman–Crippen LogP) is 3.82. The molecule has 0 radical (unpaired) electrons. The number of ether oxygens (including phenoxy) is 3. The molecule has 47 heavy (non-hydrogen) atoms. The highest BCUT2D eigenvalue weighted by atomic mass is 17.2. The molecule has 266 valence electrons. The highest BCUT2D eigenvalue weighted by molar-refractivity contribution is 5.81. The number of aliphatic carboxylic acids is 2. The van der Waals surface area contributed by atoms with Gasteiger partial charge in [0, 0.05) is 54.7 Å². The minimum atomic E-state index is -1.12. The Bertz CT molecular complexity index is 1070. The number of carboxylic acid groups (broad SMARTS) is 2. The van der Waals surface area contributed by atoms with Crippen LogP contribution in [0.3, 0.4) is 0 Å². The fourth-order valence-electron chi connectivity index (χ4n) is 7.48. The van der Waals surface area contributed by atoms with E-state index in [2.05, 4.69) is 0 Å². The number of nitro groups is 2. The molecule has 4 fully saturated rings. The highest BCUT2D eigenvalue weighted by Crippen LogP contribution is 2.35. The molecule has 2 N–H and O–H groups in total. The van der Waals surface area contributed by atoms with Crippen LogP contribution in [-0.4, -0.2) is 94.3 Å². The topological polar surface area (TPSA) is 224 Å². The van der Waals surface area contributed by atoms with Crippen LogP contribution >= 0.6 is 0 Å². The van der Waals surface area contributed by atoms with E-state index in [1.807, 2.05) is 0 Å². The van der Waals surface area contributed by atoms with Crippen molar-refractivity contribution in [2.24, 2.45) is 23.7 Å². The molecule has 6 unspecified atom stereocenters. The van der Waals surface area contributed by atoms with Gasteiger partial charge in [0.25, 0.3) is 0 Å². The predicted molar refractivity (Wildman–Crippen MR) is 160 cm³/mol. The van der Waals surface area contributed by atoms with Gasteiger partial charge in [0.15, 0.2) is 0 Å². The fourth-order valence-corrected chi connectivity index (χ4v) is 7.48. The first-order chi connectivity index (χ1) is 22.5. The van der Waals surface area contributed by atoms with E-state index >= 15 is 0 Å². The van der Waals surface area contributed by atoms with Crippen LogP contribution in [0.5, 0.6) is 0 Å². The maximum absolute atomic E-state index is 12.8. The standard InChI is InChI=1S/C31H48N2O14/c34-29(35)26-12-2-20(32(39)40)16-19(26)18-45-47-25-10-6-23(7-11-25)44-15-1-14-43-22-4-8-24(9-5-22)46-31(38)28-17-21(33(41)42)3-13-27(28)30(36)37/h19-28H,1-18H2,(H,34,35)(H,36,37). The first-order valence-electron chi connectivity index (χ1n) is 17.0. The van der Waals surface area contributed by atoms with Crippen molar-refractivity contribution in [1.29, 1.82) is 0 Å². The van der Waals surface area contributed by atoms with Gasteiger partial charge in [-0.1, -0.05) is 0 Å². The van der Waals surface area contributed by atoms with Crippen molar-refractivity contribution >= 4 is 17.9 Å². The Labute approximate surface area is 273 Å². The van der Waals surface area contributed by atoms with E-state index in [0.717, 1.165) is 32.1 Å². The summed E-state index contributed by atoms with van der Waals surface area (Å²) in [5.74, 6) is -5.83. The van der Waals surface area contributed by atoms with E-state index in [1.54, 1.807) is 0 Å². The second-order valence-corrected chi connectivity index (χ2v) is 13.5. The molecule has 0 aromatic rings. The van der Waals surface area contributed by atoms with Crippen LogP contribution in [-0.2, 0) is 38.4 Å². The zero-order valence-electron chi connectivity index (χ0n) is 26.7. The minimum Gasteiger partial charge on any atom is -0.481 e. The van der Waals surface area contributed by atoms with Crippen LogP contribution in [0, 0.1) is 43.9 Å². The lowest BCUT2D eigenvalue weighted by Gasteiger charge is -2.32. The molecule has 0 spiro atoms. The molecule has 16 heteroatoms. The summed E-state index contributed by atoms with van der Waals surface area (Å²) in [5, 5.41) is 41.3. The number of esters is 1. The number of carbonyl (C=O) groups excluding carboxylic acids is 1. The summed E-state index contributed by atoms with van der Waals surface area (Å²) < 4.78 is 17.6. The Morgan fingerprint density at radius 3 is 1.64 bits per heavy atom. The molecule has 0 aromatic heterocycles. The van der Waals surface area contributed by atoms with Crippen molar-refractivity contribution < 1.29 is 58.4 Å². The maximum atomic E-state index is 12.8. The number of hydrogen-bond acceptors (Lipinski definition) is 12. The van der Waals surface area contributed by atoms with Crippen LogP contribution in [0.15, 0.2) is 0 Å². The van der Waals surface area contributed by atoms with Crippen LogP contribution in [0.4, 0.5) is 0 Å². The summed E-state index contributed by atoms with van der Waals surface area (Å²) in [6.45, 7) is 1.10. The molecule has 0 heterocycles. The van der Waals surface area contributed by atoms with E-state index in [4.69, 9.17) is 24.0 Å².